The van der Waals surface area contributed by atoms with Crippen LogP contribution in [0.4, 0.5) is 5.69 Å². The Balaban J connectivity index is 1.41. The van der Waals surface area contributed by atoms with E-state index >= 15 is 0 Å². The number of carbonyl (C=O) groups is 3. The Morgan fingerprint density at radius 3 is 2.26 bits per heavy atom. The Kier molecular flexibility index (Phi) is 7.70. The molecule has 8 heteroatoms. The summed E-state index contributed by atoms with van der Waals surface area (Å²) in [6, 6.07) is 19.6. The topological polar surface area (TPSA) is 82.2 Å². The minimum absolute atomic E-state index is 0.0118. The average Bonchev–Trinajstić information content (AvgIpc) is 3.11. The summed E-state index contributed by atoms with van der Waals surface area (Å²) < 4.78 is 5.63. The van der Waals surface area contributed by atoms with Crippen molar-refractivity contribution in [1.82, 2.24) is 15.1 Å². The fourth-order valence-corrected chi connectivity index (χ4v) is 4.91. The summed E-state index contributed by atoms with van der Waals surface area (Å²) in [4.78, 5) is 44.4. The molecule has 2 heterocycles. The van der Waals surface area contributed by atoms with Gasteiger partial charge in [-0.3, -0.25) is 14.4 Å². The molecule has 2 aromatic rings. The summed E-state index contributed by atoms with van der Waals surface area (Å²) in [5, 5.41) is 2.87. The first-order valence-corrected chi connectivity index (χ1v) is 12.2. The van der Waals surface area contributed by atoms with Crippen LogP contribution in [0.2, 0.25) is 0 Å². The number of amides is 3. The van der Waals surface area contributed by atoms with Crippen molar-refractivity contribution in [2.75, 3.05) is 37.8 Å². The molecule has 2 aliphatic heterocycles. The molecular formula is C27H34N4O4. The second-order valence-electron chi connectivity index (χ2n) is 9.52. The van der Waals surface area contributed by atoms with Crippen LogP contribution in [0.1, 0.15) is 32.3 Å². The lowest BCUT2D eigenvalue weighted by Crippen LogP contribution is -2.57. The quantitative estimate of drug-likeness (QED) is 0.630. The molecule has 0 unspecified atom stereocenters. The molecule has 4 rings (SSSR count). The second-order valence-corrected chi connectivity index (χ2v) is 9.52. The van der Waals surface area contributed by atoms with Gasteiger partial charge in [-0.15, -0.1) is 0 Å². The molecule has 2 aromatic carbocycles. The van der Waals surface area contributed by atoms with Gasteiger partial charge in [0.15, 0.2) is 0 Å². The van der Waals surface area contributed by atoms with Gasteiger partial charge in [-0.2, -0.15) is 0 Å². The van der Waals surface area contributed by atoms with Crippen molar-refractivity contribution in [3.63, 3.8) is 0 Å². The maximum atomic E-state index is 13.7. The smallest absolute Gasteiger partial charge is 0.250 e. The Morgan fingerprint density at radius 1 is 1.00 bits per heavy atom. The normalized spacial score (nSPS) is 17.3. The zero-order chi connectivity index (χ0) is 24.8. The van der Waals surface area contributed by atoms with Crippen molar-refractivity contribution < 1.29 is 19.1 Å². The van der Waals surface area contributed by atoms with Gasteiger partial charge in [0.2, 0.25) is 11.8 Å². The van der Waals surface area contributed by atoms with E-state index in [2.05, 4.69) is 10.2 Å². The van der Waals surface area contributed by atoms with Gasteiger partial charge in [0.05, 0.1) is 13.3 Å². The standard InChI is InChI=1S/C27H34N4O4/c1-21(2)28-24(32)17-30-20-31(23-11-7-4-8-12-23)27(26(30)34)13-15-29(16-14-27)25(33)19-35-18-22-9-5-3-6-10-22/h3-12,21H,13-20H2,1-2H3,(H,28,32). The molecule has 0 aliphatic carbocycles. The lowest BCUT2D eigenvalue weighted by molar-refractivity contribution is -0.142. The predicted octanol–water partition coefficient (Wildman–Crippen LogP) is 2.40. The number of likely N-dealkylation sites (tertiary alicyclic amines) is 1. The number of carbonyl (C=O) groups excluding carboxylic acids is 3. The summed E-state index contributed by atoms with van der Waals surface area (Å²) >= 11 is 0. The van der Waals surface area contributed by atoms with Crippen molar-refractivity contribution in [3.8, 4) is 0 Å². The highest BCUT2D eigenvalue weighted by Crippen LogP contribution is 2.39. The van der Waals surface area contributed by atoms with E-state index < -0.39 is 5.54 Å². The Bertz CT molecular complexity index is 1020. The van der Waals surface area contributed by atoms with Crippen LogP contribution in [-0.4, -0.2) is 72.0 Å². The van der Waals surface area contributed by atoms with E-state index in [0.29, 0.717) is 39.2 Å². The number of anilines is 1. The minimum atomic E-state index is -0.763. The highest BCUT2D eigenvalue weighted by Gasteiger charge is 2.54. The summed E-state index contributed by atoms with van der Waals surface area (Å²) in [6.07, 6.45) is 1.01. The first kappa shape index (κ1) is 24.7. The Labute approximate surface area is 206 Å². The third-order valence-electron chi connectivity index (χ3n) is 6.65. The highest BCUT2D eigenvalue weighted by molar-refractivity contribution is 5.96. The number of rotatable bonds is 8. The number of piperidine rings is 1. The van der Waals surface area contributed by atoms with Gasteiger partial charge in [0.25, 0.3) is 5.91 Å². The molecule has 2 fully saturated rings. The van der Waals surface area contributed by atoms with Crippen LogP contribution in [0.3, 0.4) is 0 Å². The molecular weight excluding hydrogens is 444 g/mol. The molecule has 0 radical (unpaired) electrons. The fourth-order valence-electron chi connectivity index (χ4n) is 4.91. The van der Waals surface area contributed by atoms with Crippen LogP contribution in [0, 0.1) is 0 Å². The first-order chi connectivity index (χ1) is 16.9. The van der Waals surface area contributed by atoms with Gasteiger partial charge in [-0.1, -0.05) is 48.5 Å². The van der Waals surface area contributed by atoms with Gasteiger partial charge in [0, 0.05) is 24.8 Å². The fraction of sp³-hybridized carbons (Fsp3) is 0.444. The maximum Gasteiger partial charge on any atom is 0.250 e. The number of nitrogens with zero attached hydrogens (tertiary/aromatic N) is 3. The van der Waals surface area contributed by atoms with E-state index in [0.717, 1.165) is 11.3 Å². The number of hydrogen-bond donors (Lipinski definition) is 1. The monoisotopic (exact) mass is 478 g/mol. The van der Waals surface area contributed by atoms with Gasteiger partial charge in [0.1, 0.15) is 18.7 Å². The molecule has 1 spiro atoms. The van der Waals surface area contributed by atoms with E-state index in [1.807, 2.05) is 74.5 Å². The zero-order valence-electron chi connectivity index (χ0n) is 20.5. The SMILES string of the molecule is CC(C)NC(=O)CN1CN(c2ccccc2)C2(CCN(C(=O)COCc3ccccc3)CC2)C1=O. The van der Waals surface area contributed by atoms with Crippen molar-refractivity contribution in [3.05, 3.63) is 66.2 Å². The van der Waals surface area contributed by atoms with Crippen molar-refractivity contribution >= 4 is 23.4 Å². The molecule has 35 heavy (non-hydrogen) atoms. The highest BCUT2D eigenvalue weighted by atomic mass is 16.5. The van der Waals surface area contributed by atoms with E-state index in [4.69, 9.17) is 4.74 Å². The van der Waals surface area contributed by atoms with Gasteiger partial charge < -0.3 is 24.8 Å². The van der Waals surface area contributed by atoms with Crippen molar-refractivity contribution in [2.45, 2.75) is 44.9 Å². The molecule has 0 atom stereocenters. The van der Waals surface area contributed by atoms with E-state index in [-0.39, 0.29) is 36.9 Å². The lowest BCUT2D eigenvalue weighted by atomic mass is 9.85. The maximum absolute atomic E-state index is 13.7. The number of nitrogens with one attached hydrogen (secondary N) is 1. The Morgan fingerprint density at radius 2 is 1.63 bits per heavy atom. The molecule has 2 aliphatic rings. The van der Waals surface area contributed by atoms with Crippen LogP contribution in [-0.2, 0) is 25.7 Å². The van der Waals surface area contributed by atoms with Crippen LogP contribution < -0.4 is 10.2 Å². The van der Waals surface area contributed by atoms with Crippen LogP contribution in [0.25, 0.3) is 0 Å². The number of ether oxygens (including phenoxy) is 1. The molecule has 186 valence electrons. The molecule has 2 saturated heterocycles. The number of hydrogen-bond acceptors (Lipinski definition) is 5. The molecule has 0 bridgehead atoms. The van der Waals surface area contributed by atoms with E-state index in [1.165, 1.54) is 0 Å². The first-order valence-electron chi connectivity index (χ1n) is 12.2. The van der Waals surface area contributed by atoms with Gasteiger partial charge >= 0.3 is 0 Å². The third-order valence-corrected chi connectivity index (χ3v) is 6.65. The molecule has 0 aromatic heterocycles. The van der Waals surface area contributed by atoms with Crippen LogP contribution in [0.15, 0.2) is 60.7 Å². The van der Waals surface area contributed by atoms with Crippen LogP contribution in [0.5, 0.6) is 0 Å². The largest absolute Gasteiger partial charge is 0.367 e. The predicted molar refractivity (Wildman–Crippen MR) is 133 cm³/mol. The molecule has 3 amide bonds. The van der Waals surface area contributed by atoms with Crippen LogP contribution >= 0.6 is 0 Å². The summed E-state index contributed by atoms with van der Waals surface area (Å²) in [6.45, 7) is 5.51. The summed E-state index contributed by atoms with van der Waals surface area (Å²) in [5.74, 6) is -0.282. The van der Waals surface area contributed by atoms with Gasteiger partial charge in [-0.05, 0) is 44.4 Å². The minimum Gasteiger partial charge on any atom is -0.367 e. The van der Waals surface area contributed by atoms with Crippen molar-refractivity contribution in [1.29, 1.82) is 0 Å². The molecule has 8 nitrogen and oxygen atoms in total. The number of para-hydroxylation sites is 1. The summed E-state index contributed by atoms with van der Waals surface area (Å²) in [5.41, 5.74) is 1.20. The van der Waals surface area contributed by atoms with E-state index in [1.54, 1.807) is 9.80 Å². The Hall–Kier alpha value is -3.39. The third kappa shape index (κ3) is 5.65. The lowest BCUT2D eigenvalue weighted by Gasteiger charge is -2.43. The average molecular weight is 479 g/mol. The van der Waals surface area contributed by atoms with E-state index in [9.17, 15) is 14.4 Å². The second kappa shape index (κ2) is 10.9. The zero-order valence-corrected chi connectivity index (χ0v) is 20.5. The van der Waals surface area contributed by atoms with Gasteiger partial charge in [-0.25, -0.2) is 0 Å². The molecule has 1 N–H and O–H groups in total. The van der Waals surface area contributed by atoms with Crippen molar-refractivity contribution in [2.24, 2.45) is 0 Å². The molecule has 0 saturated carbocycles. The number of benzene rings is 2. The summed E-state index contributed by atoms with van der Waals surface area (Å²) in [7, 11) is 0.